The Bertz CT molecular complexity index is 797. The third kappa shape index (κ3) is 4.40. The van der Waals surface area contributed by atoms with Crippen molar-refractivity contribution in [2.24, 2.45) is 5.92 Å². The Hall–Kier alpha value is -0.920. The van der Waals surface area contributed by atoms with Gasteiger partial charge in [-0.25, -0.2) is 12.7 Å². The summed E-state index contributed by atoms with van der Waals surface area (Å²) in [5, 5.41) is 0. The van der Waals surface area contributed by atoms with Crippen LogP contribution in [0.2, 0.25) is 0 Å². The van der Waals surface area contributed by atoms with E-state index in [4.69, 9.17) is 0 Å². The van der Waals surface area contributed by atoms with Crippen LogP contribution in [-0.4, -0.2) is 49.7 Å². The normalized spacial score (nSPS) is 23.4. The molecule has 150 valence electrons. The van der Waals surface area contributed by atoms with Gasteiger partial charge in [0.25, 0.3) is 5.91 Å². The third-order valence-corrected chi connectivity index (χ3v) is 8.71. The number of hydrogen-bond acceptors (Lipinski definition) is 3. The van der Waals surface area contributed by atoms with Crippen molar-refractivity contribution in [3.63, 3.8) is 0 Å². The van der Waals surface area contributed by atoms with Gasteiger partial charge >= 0.3 is 0 Å². The van der Waals surface area contributed by atoms with Gasteiger partial charge in [-0.15, -0.1) is 0 Å². The molecule has 0 heterocycles. The van der Waals surface area contributed by atoms with Crippen molar-refractivity contribution in [2.45, 2.75) is 68.8 Å². The molecule has 0 saturated heterocycles. The molecule has 0 N–H and O–H groups in total. The molecule has 1 amide bonds. The van der Waals surface area contributed by atoms with E-state index in [9.17, 15) is 13.2 Å². The number of benzene rings is 1. The van der Waals surface area contributed by atoms with Gasteiger partial charge in [-0.2, -0.15) is 0 Å². The number of hydrogen-bond donors (Lipinski definition) is 0. The lowest BCUT2D eigenvalue weighted by molar-refractivity contribution is 0.0587. The van der Waals surface area contributed by atoms with Crippen molar-refractivity contribution in [3.8, 4) is 0 Å². The predicted molar refractivity (Wildman–Crippen MR) is 110 cm³/mol. The van der Waals surface area contributed by atoms with Crippen LogP contribution in [0.4, 0.5) is 0 Å². The standard InChI is InChI=1S/C20H29BrN2O3S/c1-4-14-5-8-16(9-6-14)23(17-10-11-17)20(24)15-7-12-18(21)19(13-15)27(25,26)22(2)3/h7,12-14,16-17H,4-6,8-11H2,1-3H3. The van der Waals surface area contributed by atoms with Gasteiger partial charge in [0.05, 0.1) is 4.90 Å². The first-order valence-electron chi connectivity index (χ1n) is 9.80. The van der Waals surface area contributed by atoms with Gasteiger partial charge in [0.2, 0.25) is 10.0 Å². The second-order valence-corrected chi connectivity index (χ2v) is 10.9. The molecule has 2 aliphatic carbocycles. The summed E-state index contributed by atoms with van der Waals surface area (Å²) < 4.78 is 26.8. The first-order chi connectivity index (χ1) is 12.8. The van der Waals surface area contributed by atoms with E-state index in [1.807, 2.05) is 0 Å². The maximum atomic E-state index is 13.3. The average Bonchev–Trinajstić information content (AvgIpc) is 3.47. The Morgan fingerprint density at radius 3 is 2.11 bits per heavy atom. The Labute approximate surface area is 171 Å². The summed E-state index contributed by atoms with van der Waals surface area (Å²) in [5.41, 5.74) is 0.461. The lowest BCUT2D eigenvalue weighted by Crippen LogP contribution is -2.44. The highest BCUT2D eigenvalue weighted by Crippen LogP contribution is 2.37. The molecule has 2 fully saturated rings. The van der Waals surface area contributed by atoms with Crippen molar-refractivity contribution in [1.82, 2.24) is 9.21 Å². The molecule has 5 nitrogen and oxygen atoms in total. The summed E-state index contributed by atoms with van der Waals surface area (Å²) >= 11 is 3.32. The van der Waals surface area contributed by atoms with E-state index >= 15 is 0 Å². The SMILES string of the molecule is CCC1CCC(N(C(=O)c2ccc(Br)c(S(=O)(=O)N(C)C)c2)C2CC2)CC1. The Balaban J connectivity index is 1.87. The van der Waals surface area contributed by atoms with Crippen molar-refractivity contribution < 1.29 is 13.2 Å². The van der Waals surface area contributed by atoms with Crippen LogP contribution >= 0.6 is 15.9 Å². The second kappa shape index (κ2) is 8.21. The van der Waals surface area contributed by atoms with Crippen LogP contribution < -0.4 is 0 Å². The van der Waals surface area contributed by atoms with Gasteiger partial charge < -0.3 is 4.90 Å². The summed E-state index contributed by atoms with van der Waals surface area (Å²) in [4.78, 5) is 15.5. The molecular weight excluding hydrogens is 428 g/mol. The number of carbonyl (C=O) groups is 1. The Kier molecular flexibility index (Phi) is 6.33. The minimum atomic E-state index is -3.61. The highest BCUT2D eigenvalue weighted by atomic mass is 79.9. The molecule has 7 heteroatoms. The van der Waals surface area contributed by atoms with Gasteiger partial charge in [0, 0.05) is 36.2 Å². The zero-order chi connectivity index (χ0) is 19.8. The van der Waals surface area contributed by atoms with Crippen LogP contribution in [-0.2, 0) is 10.0 Å². The summed E-state index contributed by atoms with van der Waals surface area (Å²) in [5.74, 6) is 0.752. The molecule has 2 saturated carbocycles. The zero-order valence-corrected chi connectivity index (χ0v) is 18.7. The fourth-order valence-corrected chi connectivity index (χ4v) is 5.84. The van der Waals surface area contributed by atoms with Crippen LogP contribution in [0.1, 0.15) is 62.2 Å². The highest BCUT2D eigenvalue weighted by molar-refractivity contribution is 9.10. The minimum absolute atomic E-state index is 0.0276. The molecule has 1 aromatic carbocycles. The van der Waals surface area contributed by atoms with Crippen molar-refractivity contribution in [2.75, 3.05) is 14.1 Å². The van der Waals surface area contributed by atoms with Crippen LogP contribution in [0.5, 0.6) is 0 Å². The van der Waals surface area contributed by atoms with Crippen LogP contribution in [0.25, 0.3) is 0 Å². The van der Waals surface area contributed by atoms with Crippen LogP contribution in [0, 0.1) is 5.92 Å². The summed E-state index contributed by atoms with van der Waals surface area (Å²) in [7, 11) is -0.616. The molecule has 27 heavy (non-hydrogen) atoms. The van der Waals surface area contributed by atoms with E-state index in [2.05, 4.69) is 27.8 Å². The van der Waals surface area contributed by atoms with E-state index in [0.717, 1.165) is 31.6 Å². The number of carbonyl (C=O) groups excluding carboxylic acids is 1. The fraction of sp³-hybridized carbons (Fsp3) is 0.650. The van der Waals surface area contributed by atoms with E-state index < -0.39 is 10.0 Å². The lowest BCUT2D eigenvalue weighted by atomic mass is 9.83. The van der Waals surface area contributed by atoms with E-state index in [-0.39, 0.29) is 16.8 Å². The van der Waals surface area contributed by atoms with Crippen LogP contribution in [0.3, 0.4) is 0 Å². The van der Waals surface area contributed by atoms with Crippen LogP contribution in [0.15, 0.2) is 27.6 Å². The summed E-state index contributed by atoms with van der Waals surface area (Å²) in [6.45, 7) is 2.24. The molecule has 0 atom stereocenters. The lowest BCUT2D eigenvalue weighted by Gasteiger charge is -2.37. The quantitative estimate of drug-likeness (QED) is 0.641. The average molecular weight is 457 g/mol. The first kappa shape index (κ1) is 20.8. The number of rotatable bonds is 6. The molecule has 0 bridgehead atoms. The minimum Gasteiger partial charge on any atom is -0.333 e. The summed E-state index contributed by atoms with van der Waals surface area (Å²) in [6.07, 6.45) is 7.79. The second-order valence-electron chi connectivity index (χ2n) is 7.96. The number of amides is 1. The molecule has 0 aromatic heterocycles. The maximum absolute atomic E-state index is 13.3. The van der Waals surface area contributed by atoms with Gasteiger partial charge in [-0.05, 0) is 78.6 Å². The van der Waals surface area contributed by atoms with Crippen molar-refractivity contribution >= 4 is 31.9 Å². The molecule has 0 unspecified atom stereocenters. The van der Waals surface area contributed by atoms with Gasteiger partial charge in [-0.1, -0.05) is 13.3 Å². The van der Waals surface area contributed by atoms with E-state index in [1.165, 1.54) is 43.7 Å². The highest BCUT2D eigenvalue weighted by Gasteiger charge is 2.39. The molecular formula is C20H29BrN2O3S. The van der Waals surface area contributed by atoms with Crippen molar-refractivity contribution in [1.29, 1.82) is 0 Å². The molecule has 0 spiro atoms. The number of halogens is 1. The Morgan fingerprint density at radius 1 is 1.07 bits per heavy atom. The zero-order valence-electron chi connectivity index (χ0n) is 16.3. The molecule has 1 aromatic rings. The van der Waals surface area contributed by atoms with Gasteiger partial charge in [-0.3, -0.25) is 4.79 Å². The molecule has 0 radical (unpaired) electrons. The molecule has 0 aliphatic heterocycles. The van der Waals surface area contributed by atoms with E-state index in [0.29, 0.717) is 16.1 Å². The number of nitrogens with zero attached hydrogens (tertiary/aromatic N) is 2. The molecule has 3 rings (SSSR count). The third-order valence-electron chi connectivity index (χ3n) is 5.90. The molecule has 2 aliphatic rings. The topological polar surface area (TPSA) is 57.7 Å². The Morgan fingerprint density at radius 2 is 1.63 bits per heavy atom. The summed E-state index contributed by atoms with van der Waals surface area (Å²) in [6, 6.07) is 5.52. The van der Waals surface area contributed by atoms with Gasteiger partial charge in [0.1, 0.15) is 0 Å². The smallest absolute Gasteiger partial charge is 0.254 e. The fourth-order valence-electron chi connectivity index (χ4n) is 3.99. The number of sulfonamides is 1. The largest absolute Gasteiger partial charge is 0.333 e. The van der Waals surface area contributed by atoms with E-state index in [1.54, 1.807) is 12.1 Å². The van der Waals surface area contributed by atoms with Crippen molar-refractivity contribution in [3.05, 3.63) is 28.2 Å². The van der Waals surface area contributed by atoms with Gasteiger partial charge in [0.15, 0.2) is 0 Å². The maximum Gasteiger partial charge on any atom is 0.254 e. The monoisotopic (exact) mass is 456 g/mol. The first-order valence-corrected chi connectivity index (χ1v) is 12.0. The predicted octanol–water partition coefficient (Wildman–Crippen LogP) is 4.27.